The second-order valence-electron chi connectivity index (χ2n) is 6.28. The summed E-state index contributed by atoms with van der Waals surface area (Å²) >= 11 is -2.91. The number of para-hydroxylation sites is 1. The number of hydrogen-bond acceptors (Lipinski definition) is 0. The number of H-pyrrole nitrogens is 1. The zero-order chi connectivity index (χ0) is 12.8. The van der Waals surface area contributed by atoms with Gasteiger partial charge in [0.15, 0.2) is 0 Å². The molecule has 0 amide bonds. The normalized spacial score (nSPS) is 14.7. The summed E-state index contributed by atoms with van der Waals surface area (Å²) in [5, 5.41) is 1.34. The van der Waals surface area contributed by atoms with Crippen molar-refractivity contribution >= 4 is 46.0 Å². The Morgan fingerprint density at radius 3 is 2.45 bits per heavy atom. The van der Waals surface area contributed by atoms with E-state index in [1.807, 2.05) is 0 Å². The van der Waals surface area contributed by atoms with Crippen molar-refractivity contribution in [3.8, 4) is 0 Å². The van der Waals surface area contributed by atoms with E-state index in [9.17, 15) is 0 Å². The predicted molar refractivity (Wildman–Crippen MR) is 94.5 cm³/mol. The molecular weight excluding hydrogens is 384 g/mol. The maximum absolute atomic E-state index is 3.68. The van der Waals surface area contributed by atoms with Gasteiger partial charge >= 0.3 is 111 Å². The van der Waals surface area contributed by atoms with Gasteiger partial charge in [-0.15, -0.1) is 24.8 Å². The van der Waals surface area contributed by atoms with Crippen LogP contribution in [0.2, 0.25) is 9.26 Å². The molecule has 108 valence electrons. The number of aromatic nitrogens is 1. The van der Waals surface area contributed by atoms with Gasteiger partial charge in [0.25, 0.3) is 0 Å². The van der Waals surface area contributed by atoms with Crippen LogP contribution in [0.4, 0.5) is 0 Å². The van der Waals surface area contributed by atoms with Crippen LogP contribution < -0.4 is 3.40 Å². The first-order chi connectivity index (χ1) is 8.46. The van der Waals surface area contributed by atoms with Crippen LogP contribution in [0.25, 0.3) is 10.9 Å². The summed E-state index contributed by atoms with van der Waals surface area (Å²) in [6.45, 7) is 2.27. The fourth-order valence-electron chi connectivity index (χ4n) is 2.72. The molecule has 1 nitrogen and oxygen atoms in total. The Balaban J connectivity index is 0.000001000. The molecular formula is C15H21Cl2NSiZr. The van der Waals surface area contributed by atoms with E-state index in [0.29, 0.717) is 0 Å². The minimum absolute atomic E-state index is 0. The second-order valence-corrected chi connectivity index (χ2v) is 34.9. The molecule has 5 heteroatoms. The van der Waals surface area contributed by atoms with Gasteiger partial charge in [0.1, 0.15) is 0 Å². The van der Waals surface area contributed by atoms with E-state index in [1.165, 1.54) is 14.3 Å². The van der Waals surface area contributed by atoms with E-state index in [-0.39, 0.29) is 24.8 Å². The Labute approximate surface area is 135 Å². The van der Waals surface area contributed by atoms with E-state index in [4.69, 9.17) is 0 Å². The molecule has 3 rings (SSSR count). The maximum atomic E-state index is 3.68. The Kier molecular flexibility index (Phi) is 5.36. The van der Waals surface area contributed by atoms with Crippen molar-refractivity contribution in [1.82, 2.24) is 4.98 Å². The number of rotatable bonds is 2. The molecule has 0 aliphatic heterocycles. The number of benzene rings is 1. The standard InChI is InChI=1S/C8H6N.C5H5.2CH3.2ClH.H2Si.Zr/c1-2-4-8-7(3-1)5-6-9-8;1-2-4-5-3-1;;;;;;/h1-5,9H;1-3H,4H2;2*1H3;2*1H;1H2;. The van der Waals surface area contributed by atoms with Gasteiger partial charge in [-0.25, -0.2) is 0 Å². The quantitative estimate of drug-likeness (QED) is 0.732. The third-order valence-electron chi connectivity index (χ3n) is 4.19. The summed E-state index contributed by atoms with van der Waals surface area (Å²) in [4.78, 5) is 3.68. The van der Waals surface area contributed by atoms with Gasteiger partial charge in [-0.2, -0.15) is 0 Å². The minimum atomic E-state index is -2.91. The summed E-state index contributed by atoms with van der Waals surface area (Å²) in [5.41, 5.74) is 1.27. The van der Waals surface area contributed by atoms with Gasteiger partial charge in [-0.05, 0) is 0 Å². The van der Waals surface area contributed by atoms with Crippen molar-refractivity contribution in [3.05, 3.63) is 51.8 Å². The van der Waals surface area contributed by atoms with Gasteiger partial charge in [-0.3, -0.25) is 0 Å². The summed E-state index contributed by atoms with van der Waals surface area (Å²) in [6, 6.07) is 11.0. The monoisotopic (exact) mass is 403 g/mol. The molecule has 1 aromatic carbocycles. The average Bonchev–Trinajstić information content (AvgIpc) is 2.98. The third kappa shape index (κ3) is 2.92. The van der Waals surface area contributed by atoms with Crippen molar-refractivity contribution < 1.29 is 17.4 Å². The van der Waals surface area contributed by atoms with E-state index in [0.717, 1.165) is 6.42 Å². The number of aromatic amines is 1. The Morgan fingerprint density at radius 1 is 1.15 bits per heavy atom. The van der Waals surface area contributed by atoms with E-state index in [1.54, 1.807) is 3.28 Å². The first kappa shape index (κ1) is 18.0. The molecule has 2 aromatic rings. The predicted octanol–water partition coefficient (Wildman–Crippen LogP) is 3.81. The second kappa shape index (κ2) is 5.96. The molecule has 1 N–H and O–H groups in total. The van der Waals surface area contributed by atoms with Gasteiger partial charge in [0.2, 0.25) is 0 Å². The number of nitrogens with one attached hydrogen (secondary N) is 1. The van der Waals surface area contributed by atoms with Crippen molar-refractivity contribution in [3.63, 3.8) is 0 Å². The molecule has 1 aromatic heterocycles. The van der Waals surface area contributed by atoms with Gasteiger partial charge in [0, 0.05) is 0 Å². The van der Waals surface area contributed by atoms with Crippen LogP contribution in [0, 0.1) is 0 Å². The van der Waals surface area contributed by atoms with Crippen LogP contribution in [0.15, 0.2) is 51.8 Å². The van der Waals surface area contributed by atoms with Gasteiger partial charge in [0.05, 0.1) is 0 Å². The average molecular weight is 406 g/mol. The SMILES string of the molecule is Cl.Cl.[CH3][Zr]([CH3])(=[SiH2])([C]1=CC=CC1)[c]1cc2ccccc2[nH]1. The van der Waals surface area contributed by atoms with Crippen molar-refractivity contribution in [2.24, 2.45) is 0 Å². The fourth-order valence-corrected chi connectivity index (χ4v) is 12.5. The molecule has 0 unspecified atom stereocenters. The van der Waals surface area contributed by atoms with Crippen molar-refractivity contribution in [1.29, 1.82) is 0 Å². The van der Waals surface area contributed by atoms with Crippen LogP contribution in [-0.2, 0) is 17.4 Å². The molecule has 0 saturated heterocycles. The fraction of sp³-hybridized carbons (Fsp3) is 0.200. The summed E-state index contributed by atoms with van der Waals surface area (Å²) in [7, 11) is 0. The zero-order valence-corrected chi connectivity index (χ0v) is 17.4. The third-order valence-corrected chi connectivity index (χ3v) is 20.0. The van der Waals surface area contributed by atoms with Gasteiger partial charge < -0.3 is 0 Å². The molecule has 20 heavy (non-hydrogen) atoms. The first-order valence-corrected chi connectivity index (χ1v) is 19.8. The van der Waals surface area contributed by atoms with Crippen LogP contribution >= 0.6 is 24.8 Å². The molecule has 0 spiro atoms. The number of halogens is 2. The molecule has 0 bridgehead atoms. The zero-order valence-electron chi connectivity index (χ0n) is 11.8. The molecule has 0 saturated carbocycles. The Bertz CT molecular complexity index is 719. The number of hydrogen-bond donors (Lipinski definition) is 1. The topological polar surface area (TPSA) is 15.8 Å². The van der Waals surface area contributed by atoms with Crippen LogP contribution in [-0.4, -0.2) is 11.9 Å². The first-order valence-electron chi connectivity index (χ1n) is 6.48. The van der Waals surface area contributed by atoms with Crippen LogP contribution in [0.1, 0.15) is 6.42 Å². The summed E-state index contributed by atoms with van der Waals surface area (Å²) in [5.74, 6) is 0. The molecule has 1 heterocycles. The summed E-state index contributed by atoms with van der Waals surface area (Å²) in [6.07, 6.45) is 8.00. The van der Waals surface area contributed by atoms with Crippen molar-refractivity contribution in [2.45, 2.75) is 15.7 Å². The molecule has 1 aliphatic rings. The number of fused-ring (bicyclic) bond motifs is 1. The Hall–Kier alpha value is -0.0800. The Morgan fingerprint density at radius 2 is 1.85 bits per heavy atom. The molecule has 0 atom stereocenters. The van der Waals surface area contributed by atoms with Crippen LogP contribution in [0.5, 0.6) is 0 Å². The van der Waals surface area contributed by atoms with E-state index < -0.39 is 17.4 Å². The van der Waals surface area contributed by atoms with Crippen LogP contribution in [0.3, 0.4) is 0 Å². The van der Waals surface area contributed by atoms with E-state index in [2.05, 4.69) is 69.7 Å². The number of allylic oxidation sites excluding steroid dienone is 4. The van der Waals surface area contributed by atoms with Gasteiger partial charge in [-0.1, -0.05) is 0 Å². The van der Waals surface area contributed by atoms with Crippen molar-refractivity contribution in [2.75, 3.05) is 0 Å². The summed E-state index contributed by atoms with van der Waals surface area (Å²) < 4.78 is 8.25. The molecule has 0 radical (unpaired) electrons. The van der Waals surface area contributed by atoms with E-state index >= 15 is 0 Å². The molecule has 1 aliphatic carbocycles. The molecule has 0 fully saturated rings.